The maximum absolute atomic E-state index is 12.2. The van der Waals surface area contributed by atoms with Gasteiger partial charge in [-0.05, 0) is 6.07 Å². The van der Waals surface area contributed by atoms with Crippen molar-refractivity contribution in [3.8, 4) is 0 Å². The third-order valence-corrected chi connectivity index (χ3v) is 3.74. The van der Waals surface area contributed by atoms with Crippen LogP contribution in [0.1, 0.15) is 16.1 Å². The SMILES string of the molecule is Cn1cc(CC(=O)c2csc3ccccc23)nn1. The number of carbonyl (C=O) groups excluding carboxylic acids is 1. The minimum absolute atomic E-state index is 0.0907. The molecule has 18 heavy (non-hydrogen) atoms. The van der Waals surface area contributed by atoms with E-state index in [0.29, 0.717) is 12.1 Å². The standard InChI is InChI=1S/C13H11N3OS/c1-16-7-9(14-15-16)6-12(17)11-8-18-13-5-3-2-4-10(11)13/h2-5,7-8H,6H2,1H3. The monoisotopic (exact) mass is 257 g/mol. The number of carbonyl (C=O) groups is 1. The first-order valence-corrected chi connectivity index (χ1v) is 6.46. The molecule has 0 saturated carbocycles. The van der Waals surface area contributed by atoms with E-state index in [1.807, 2.05) is 29.6 Å². The predicted molar refractivity (Wildman–Crippen MR) is 70.9 cm³/mol. The molecule has 3 aromatic rings. The minimum Gasteiger partial charge on any atom is -0.294 e. The van der Waals surface area contributed by atoms with Gasteiger partial charge in [0.1, 0.15) is 0 Å². The quantitative estimate of drug-likeness (QED) is 0.677. The van der Waals surface area contributed by atoms with E-state index in [0.717, 1.165) is 15.6 Å². The molecular formula is C13H11N3OS. The summed E-state index contributed by atoms with van der Waals surface area (Å²) in [5.41, 5.74) is 1.49. The van der Waals surface area contributed by atoms with Gasteiger partial charge in [0.2, 0.25) is 0 Å². The molecule has 5 heteroatoms. The van der Waals surface area contributed by atoms with Gasteiger partial charge in [-0.1, -0.05) is 23.4 Å². The second kappa shape index (κ2) is 4.34. The number of thiophene rings is 1. The number of benzene rings is 1. The van der Waals surface area contributed by atoms with Crippen molar-refractivity contribution in [2.45, 2.75) is 6.42 Å². The summed E-state index contributed by atoms with van der Waals surface area (Å²) < 4.78 is 2.74. The Hall–Kier alpha value is -2.01. The Morgan fingerprint density at radius 2 is 2.22 bits per heavy atom. The fourth-order valence-corrected chi connectivity index (χ4v) is 2.90. The average Bonchev–Trinajstić information content (AvgIpc) is 2.95. The van der Waals surface area contributed by atoms with Crippen LogP contribution in [0.25, 0.3) is 10.1 Å². The summed E-state index contributed by atoms with van der Waals surface area (Å²) in [5.74, 6) is 0.0907. The first kappa shape index (κ1) is 11.1. The molecule has 0 atom stereocenters. The molecule has 0 fully saturated rings. The van der Waals surface area contributed by atoms with Crippen LogP contribution in [0.3, 0.4) is 0 Å². The fourth-order valence-electron chi connectivity index (χ4n) is 1.93. The summed E-state index contributed by atoms with van der Waals surface area (Å²) in [6.07, 6.45) is 2.07. The number of rotatable bonds is 3. The zero-order valence-corrected chi connectivity index (χ0v) is 10.6. The lowest BCUT2D eigenvalue weighted by atomic mass is 10.1. The third kappa shape index (κ3) is 1.93. The van der Waals surface area contributed by atoms with Crippen LogP contribution in [-0.4, -0.2) is 20.8 Å². The van der Waals surface area contributed by atoms with Crippen molar-refractivity contribution in [1.29, 1.82) is 0 Å². The number of aryl methyl sites for hydroxylation is 1. The second-order valence-electron chi connectivity index (χ2n) is 4.13. The molecule has 0 amide bonds. The van der Waals surface area contributed by atoms with Crippen molar-refractivity contribution < 1.29 is 4.79 Å². The third-order valence-electron chi connectivity index (χ3n) is 2.77. The average molecular weight is 257 g/mol. The molecule has 0 saturated heterocycles. The molecule has 0 unspecified atom stereocenters. The molecule has 0 aliphatic rings. The molecule has 0 N–H and O–H groups in total. The van der Waals surface area contributed by atoms with Crippen LogP contribution in [0.2, 0.25) is 0 Å². The fraction of sp³-hybridized carbons (Fsp3) is 0.154. The van der Waals surface area contributed by atoms with Crippen LogP contribution in [0.15, 0.2) is 35.8 Å². The highest BCUT2D eigenvalue weighted by Gasteiger charge is 2.13. The Labute approximate surface area is 108 Å². The van der Waals surface area contributed by atoms with Crippen LogP contribution in [0.5, 0.6) is 0 Å². The number of hydrogen-bond donors (Lipinski definition) is 0. The van der Waals surface area contributed by atoms with Gasteiger partial charge in [-0.3, -0.25) is 9.48 Å². The van der Waals surface area contributed by atoms with E-state index < -0.39 is 0 Å². The summed E-state index contributed by atoms with van der Waals surface area (Å²) in [5, 5.41) is 10.7. The van der Waals surface area contributed by atoms with E-state index in [1.165, 1.54) is 0 Å². The van der Waals surface area contributed by atoms with Crippen LogP contribution >= 0.6 is 11.3 Å². The number of nitrogens with zero attached hydrogens (tertiary/aromatic N) is 3. The van der Waals surface area contributed by atoms with E-state index in [-0.39, 0.29) is 5.78 Å². The number of hydrogen-bond acceptors (Lipinski definition) is 4. The molecule has 90 valence electrons. The van der Waals surface area contributed by atoms with Crippen molar-refractivity contribution >= 4 is 27.2 Å². The number of aromatic nitrogens is 3. The molecule has 0 bridgehead atoms. The van der Waals surface area contributed by atoms with Crippen LogP contribution in [-0.2, 0) is 13.5 Å². The highest BCUT2D eigenvalue weighted by atomic mass is 32.1. The topological polar surface area (TPSA) is 47.8 Å². The van der Waals surface area contributed by atoms with Crippen LogP contribution < -0.4 is 0 Å². The zero-order chi connectivity index (χ0) is 12.5. The lowest BCUT2D eigenvalue weighted by molar-refractivity contribution is 0.0994. The van der Waals surface area contributed by atoms with Crippen LogP contribution in [0.4, 0.5) is 0 Å². The summed E-state index contributed by atoms with van der Waals surface area (Å²) in [4.78, 5) is 12.2. The minimum atomic E-state index is 0.0907. The van der Waals surface area contributed by atoms with Gasteiger partial charge < -0.3 is 0 Å². The Bertz CT molecular complexity index is 714. The second-order valence-corrected chi connectivity index (χ2v) is 5.04. The van der Waals surface area contributed by atoms with Gasteiger partial charge in [0.05, 0.1) is 12.1 Å². The Balaban J connectivity index is 1.92. The Morgan fingerprint density at radius 3 is 3.00 bits per heavy atom. The van der Waals surface area contributed by atoms with Crippen LogP contribution in [0, 0.1) is 0 Å². The van der Waals surface area contributed by atoms with E-state index in [1.54, 1.807) is 29.3 Å². The molecular weight excluding hydrogens is 246 g/mol. The van der Waals surface area contributed by atoms with Crippen molar-refractivity contribution in [3.63, 3.8) is 0 Å². The van der Waals surface area contributed by atoms with Crippen molar-refractivity contribution in [3.05, 3.63) is 47.1 Å². The lowest BCUT2D eigenvalue weighted by Gasteiger charge is -1.96. The van der Waals surface area contributed by atoms with E-state index >= 15 is 0 Å². The molecule has 3 rings (SSSR count). The van der Waals surface area contributed by atoms with Crippen molar-refractivity contribution in [2.24, 2.45) is 7.05 Å². The smallest absolute Gasteiger partial charge is 0.170 e. The molecule has 4 nitrogen and oxygen atoms in total. The first-order valence-electron chi connectivity index (χ1n) is 5.58. The highest BCUT2D eigenvalue weighted by molar-refractivity contribution is 7.17. The molecule has 2 aromatic heterocycles. The van der Waals surface area contributed by atoms with E-state index in [4.69, 9.17) is 0 Å². The van der Waals surface area contributed by atoms with Gasteiger partial charge in [0, 0.05) is 34.3 Å². The zero-order valence-electron chi connectivity index (χ0n) is 9.83. The first-order chi connectivity index (χ1) is 8.74. The van der Waals surface area contributed by atoms with Gasteiger partial charge in [-0.2, -0.15) is 0 Å². The summed E-state index contributed by atoms with van der Waals surface area (Å²) in [6.45, 7) is 0. The maximum Gasteiger partial charge on any atom is 0.170 e. The molecule has 0 spiro atoms. The van der Waals surface area contributed by atoms with Gasteiger partial charge in [-0.25, -0.2) is 0 Å². The van der Waals surface area contributed by atoms with Gasteiger partial charge >= 0.3 is 0 Å². The lowest BCUT2D eigenvalue weighted by Crippen LogP contribution is -2.03. The molecule has 0 aliphatic carbocycles. The van der Waals surface area contributed by atoms with Gasteiger partial charge in [0.15, 0.2) is 5.78 Å². The molecule has 0 aliphatic heterocycles. The normalized spacial score (nSPS) is 10.9. The molecule has 0 radical (unpaired) electrons. The number of ketones is 1. The largest absolute Gasteiger partial charge is 0.294 e. The van der Waals surface area contributed by atoms with Gasteiger partial charge in [0.25, 0.3) is 0 Å². The van der Waals surface area contributed by atoms with E-state index in [2.05, 4.69) is 10.3 Å². The number of fused-ring (bicyclic) bond motifs is 1. The van der Waals surface area contributed by atoms with Crippen molar-refractivity contribution in [2.75, 3.05) is 0 Å². The summed E-state index contributed by atoms with van der Waals surface area (Å²) in [7, 11) is 1.79. The summed E-state index contributed by atoms with van der Waals surface area (Å²) >= 11 is 1.60. The Kier molecular flexibility index (Phi) is 2.68. The highest BCUT2D eigenvalue weighted by Crippen LogP contribution is 2.26. The summed E-state index contributed by atoms with van der Waals surface area (Å²) in [6, 6.07) is 7.94. The molecule has 2 heterocycles. The predicted octanol–water partition coefficient (Wildman–Crippen LogP) is 2.46. The molecule has 1 aromatic carbocycles. The number of Topliss-reactive ketones (excluding diaryl/α,β-unsaturated/α-hetero) is 1. The Morgan fingerprint density at radius 1 is 1.39 bits per heavy atom. The van der Waals surface area contributed by atoms with Crippen molar-refractivity contribution in [1.82, 2.24) is 15.0 Å². The van der Waals surface area contributed by atoms with Gasteiger partial charge in [-0.15, -0.1) is 16.4 Å². The maximum atomic E-state index is 12.2. The van der Waals surface area contributed by atoms with E-state index in [9.17, 15) is 4.79 Å².